The minimum Gasteiger partial charge on any atom is -0.490 e. The van der Waals surface area contributed by atoms with Crippen molar-refractivity contribution >= 4 is 21.8 Å². The van der Waals surface area contributed by atoms with Crippen molar-refractivity contribution in [1.82, 2.24) is 15.4 Å². The Morgan fingerprint density at radius 2 is 1.83 bits per heavy atom. The van der Waals surface area contributed by atoms with Crippen LogP contribution in [0.25, 0.3) is 11.1 Å². The molecule has 3 N–H and O–H groups in total. The lowest BCUT2D eigenvalue weighted by atomic mass is 9.82. The van der Waals surface area contributed by atoms with Crippen molar-refractivity contribution in [3.8, 4) is 16.9 Å². The minimum absolute atomic E-state index is 0.0341. The molecule has 0 radical (unpaired) electrons. The van der Waals surface area contributed by atoms with Crippen LogP contribution in [0.15, 0.2) is 36.4 Å². The first kappa shape index (κ1) is 34.3. The summed E-state index contributed by atoms with van der Waals surface area (Å²) >= 11 is 0. The largest absolute Gasteiger partial charge is 0.490 e. The van der Waals surface area contributed by atoms with Gasteiger partial charge in [-0.2, -0.15) is 0 Å². The lowest BCUT2D eigenvalue weighted by Gasteiger charge is -2.27. The molecule has 46 heavy (non-hydrogen) atoms. The fourth-order valence-corrected chi connectivity index (χ4v) is 7.88. The molecule has 2 saturated carbocycles. The summed E-state index contributed by atoms with van der Waals surface area (Å²) in [5.41, 5.74) is -1.21. The topological polar surface area (TPSA) is 114 Å². The van der Waals surface area contributed by atoms with Crippen LogP contribution in [0.2, 0.25) is 0 Å². The normalized spacial score (nSPS) is 24.4. The number of sulfonamides is 1. The van der Waals surface area contributed by atoms with Crippen molar-refractivity contribution in [2.75, 3.05) is 6.54 Å². The van der Waals surface area contributed by atoms with Crippen LogP contribution in [0.1, 0.15) is 97.1 Å². The first-order valence-corrected chi connectivity index (χ1v) is 18.0. The molecule has 252 valence electrons. The van der Waals surface area contributed by atoms with E-state index in [-0.39, 0.29) is 36.5 Å². The van der Waals surface area contributed by atoms with Crippen LogP contribution in [0.5, 0.6) is 5.75 Å². The van der Waals surface area contributed by atoms with E-state index in [0.29, 0.717) is 53.7 Å². The predicted molar refractivity (Wildman–Crippen MR) is 174 cm³/mol. The Morgan fingerprint density at radius 1 is 1.11 bits per heavy atom. The Labute approximate surface area is 271 Å². The van der Waals surface area contributed by atoms with Crippen molar-refractivity contribution < 1.29 is 31.5 Å². The standard InChI is InChI=1S/C35H47F2N3O5S/c1-6-26-27(10-9-11-29(26)36)28-18-23(33(4,5)31(41)40-46(43,44)22(2)3)12-15-30(28)45-25-14-13-24(19-25)39-32(42)35(37)20-34(38-21-35)16-7-8-17-34/h9-12,15,18,22,24-25,38H,6-8,13-14,16-17,19-21H2,1-5H3,(H,39,42)(H,40,41)/t24-,25-,35-/m1/s1. The summed E-state index contributed by atoms with van der Waals surface area (Å²) in [6.07, 6.45) is 6.01. The third-order valence-electron chi connectivity index (χ3n) is 10.2. The van der Waals surface area contributed by atoms with Crippen LogP contribution < -0.4 is 20.1 Å². The molecule has 0 unspecified atom stereocenters. The maximum Gasteiger partial charge on any atom is 0.259 e. The maximum absolute atomic E-state index is 15.8. The number of benzene rings is 2. The molecule has 11 heteroatoms. The molecular formula is C35H47F2N3O5S. The molecule has 1 heterocycles. The number of hydrogen-bond donors (Lipinski definition) is 3. The second kappa shape index (κ2) is 12.9. The van der Waals surface area contributed by atoms with Crippen molar-refractivity contribution in [3.05, 3.63) is 53.3 Å². The molecule has 2 aromatic carbocycles. The third kappa shape index (κ3) is 6.81. The van der Waals surface area contributed by atoms with Crippen molar-refractivity contribution in [2.45, 2.75) is 126 Å². The van der Waals surface area contributed by atoms with Crippen LogP contribution in [0, 0.1) is 5.82 Å². The van der Waals surface area contributed by atoms with Crippen LogP contribution in [-0.4, -0.2) is 55.4 Å². The van der Waals surface area contributed by atoms with Gasteiger partial charge in [0.25, 0.3) is 5.91 Å². The molecule has 1 saturated heterocycles. The zero-order chi connectivity index (χ0) is 33.5. The van der Waals surface area contributed by atoms with Gasteiger partial charge in [-0.25, -0.2) is 17.2 Å². The molecule has 2 aliphatic carbocycles. The summed E-state index contributed by atoms with van der Waals surface area (Å²) in [4.78, 5) is 26.3. The average molecular weight is 660 g/mol. The summed E-state index contributed by atoms with van der Waals surface area (Å²) in [5.74, 6) is -1.11. The monoisotopic (exact) mass is 659 g/mol. The first-order valence-electron chi connectivity index (χ1n) is 16.5. The molecule has 1 aliphatic heterocycles. The summed E-state index contributed by atoms with van der Waals surface area (Å²) in [5, 5.41) is 5.46. The van der Waals surface area contributed by atoms with Crippen molar-refractivity contribution in [2.24, 2.45) is 0 Å². The van der Waals surface area contributed by atoms with Gasteiger partial charge in [-0.3, -0.25) is 14.3 Å². The Hall–Kier alpha value is -3.05. The highest BCUT2D eigenvalue weighted by Crippen LogP contribution is 2.43. The molecular weight excluding hydrogens is 612 g/mol. The molecule has 8 nitrogen and oxygen atoms in total. The summed E-state index contributed by atoms with van der Waals surface area (Å²) in [6, 6.07) is 9.80. The Morgan fingerprint density at radius 3 is 2.50 bits per heavy atom. The molecule has 1 spiro atoms. The number of hydrogen-bond acceptors (Lipinski definition) is 6. The fraction of sp³-hybridized carbons (Fsp3) is 0.600. The first-order chi connectivity index (χ1) is 21.6. The number of rotatable bonds is 10. The Bertz CT molecular complexity index is 1590. The van der Waals surface area contributed by atoms with E-state index in [1.807, 2.05) is 6.92 Å². The molecule has 3 atom stereocenters. The van der Waals surface area contributed by atoms with Gasteiger partial charge in [-0.15, -0.1) is 0 Å². The molecule has 3 fully saturated rings. The van der Waals surface area contributed by atoms with E-state index in [4.69, 9.17) is 4.74 Å². The van der Waals surface area contributed by atoms with Gasteiger partial charge < -0.3 is 15.4 Å². The number of carbonyl (C=O) groups excluding carboxylic acids is 2. The highest BCUT2D eigenvalue weighted by molar-refractivity contribution is 7.90. The number of halogens is 2. The average Bonchev–Trinajstić information content (AvgIpc) is 3.73. The lowest BCUT2D eigenvalue weighted by molar-refractivity contribution is -0.132. The van der Waals surface area contributed by atoms with Gasteiger partial charge in [0.15, 0.2) is 0 Å². The molecule has 2 amide bonds. The molecule has 3 aliphatic rings. The van der Waals surface area contributed by atoms with E-state index < -0.39 is 38.2 Å². The van der Waals surface area contributed by atoms with Crippen LogP contribution in [-0.2, 0) is 31.4 Å². The van der Waals surface area contributed by atoms with Crippen LogP contribution in [0.4, 0.5) is 8.78 Å². The second-order valence-electron chi connectivity index (χ2n) is 14.2. The van der Waals surface area contributed by atoms with Gasteiger partial charge in [0.2, 0.25) is 21.6 Å². The van der Waals surface area contributed by atoms with Gasteiger partial charge in [-0.05, 0) is 94.7 Å². The van der Waals surface area contributed by atoms with E-state index in [9.17, 15) is 22.4 Å². The highest BCUT2D eigenvalue weighted by Gasteiger charge is 2.54. The quantitative estimate of drug-likeness (QED) is 0.305. The molecule has 5 rings (SSSR count). The maximum atomic E-state index is 15.8. The summed E-state index contributed by atoms with van der Waals surface area (Å²) in [6.45, 7) is 8.16. The number of ether oxygens (including phenoxy) is 1. The third-order valence-corrected chi connectivity index (χ3v) is 11.9. The number of carbonyl (C=O) groups is 2. The van der Waals surface area contributed by atoms with E-state index >= 15 is 4.39 Å². The Kier molecular flexibility index (Phi) is 9.59. The molecule has 0 aromatic heterocycles. The molecule has 0 bridgehead atoms. The van der Waals surface area contributed by atoms with E-state index in [0.717, 1.165) is 25.7 Å². The van der Waals surface area contributed by atoms with Gasteiger partial charge in [0.1, 0.15) is 17.7 Å². The van der Waals surface area contributed by atoms with Gasteiger partial charge in [0.05, 0.1) is 10.7 Å². The Balaban J connectivity index is 1.36. The summed E-state index contributed by atoms with van der Waals surface area (Å²) < 4.78 is 64.4. The predicted octanol–water partition coefficient (Wildman–Crippen LogP) is 5.62. The van der Waals surface area contributed by atoms with Gasteiger partial charge in [0, 0.05) is 36.5 Å². The summed E-state index contributed by atoms with van der Waals surface area (Å²) in [7, 11) is -3.85. The van der Waals surface area contributed by atoms with E-state index in [2.05, 4.69) is 15.4 Å². The fourth-order valence-electron chi connectivity index (χ4n) is 7.14. The SMILES string of the molecule is CCc1c(F)cccc1-c1cc(C(C)(C)C(=O)NS(=O)(=O)C(C)C)ccc1O[C@@H]1CC[C@@H](NC(=O)[C@]2(F)CNC3(CCCC3)C2)C1. The van der Waals surface area contributed by atoms with Gasteiger partial charge >= 0.3 is 0 Å². The zero-order valence-electron chi connectivity index (χ0n) is 27.5. The number of alkyl halides is 1. The van der Waals surface area contributed by atoms with Crippen LogP contribution >= 0.6 is 0 Å². The van der Waals surface area contributed by atoms with E-state index in [1.54, 1.807) is 44.2 Å². The zero-order valence-corrected chi connectivity index (χ0v) is 28.3. The number of amides is 2. The van der Waals surface area contributed by atoms with Crippen molar-refractivity contribution in [1.29, 1.82) is 0 Å². The lowest BCUT2D eigenvalue weighted by Crippen LogP contribution is -2.48. The van der Waals surface area contributed by atoms with Crippen LogP contribution in [0.3, 0.4) is 0 Å². The highest BCUT2D eigenvalue weighted by atomic mass is 32.2. The van der Waals surface area contributed by atoms with Crippen molar-refractivity contribution in [3.63, 3.8) is 0 Å². The second-order valence-corrected chi connectivity index (χ2v) is 16.4. The van der Waals surface area contributed by atoms with Gasteiger partial charge in [-0.1, -0.05) is 38.0 Å². The smallest absolute Gasteiger partial charge is 0.259 e. The minimum atomic E-state index is -3.85. The van der Waals surface area contributed by atoms with E-state index in [1.165, 1.54) is 19.9 Å². The molecule has 2 aromatic rings. The number of nitrogens with one attached hydrogen (secondary N) is 3.